The average Bonchev–Trinajstić information content (AvgIpc) is 2.49. The first-order valence-corrected chi connectivity index (χ1v) is 7.13. The number of carboxylic acid groups (broad SMARTS) is 1. The third kappa shape index (κ3) is 4.60. The molecule has 126 valence electrons. The van der Waals surface area contributed by atoms with Crippen LogP contribution in [0.15, 0.2) is 12.1 Å². The fraction of sp³-hybridized carbons (Fsp3) is 0.429. The molecule has 1 aromatic rings. The number of hydrogen-bond acceptors (Lipinski definition) is 4. The second-order valence-corrected chi connectivity index (χ2v) is 5.34. The molecule has 1 amide bonds. The molecule has 1 aliphatic heterocycles. The Morgan fingerprint density at radius 3 is 2.78 bits per heavy atom. The standard InChI is InChI=1S/C14H14ClF2NO5/c15-8-4-10(17)9(16)3-7(8)14(21)18-11-5-22-2-1-12(11)23-6-13(19)20/h3-4,11-12H,1-2,5-6H2,(H,18,21)(H,19,20)/t11-,12+/m1/s1. The van der Waals surface area contributed by atoms with Crippen molar-refractivity contribution < 1.29 is 33.0 Å². The zero-order valence-electron chi connectivity index (χ0n) is 11.9. The van der Waals surface area contributed by atoms with Gasteiger partial charge in [-0.3, -0.25) is 4.79 Å². The van der Waals surface area contributed by atoms with Gasteiger partial charge in [-0.25, -0.2) is 13.6 Å². The van der Waals surface area contributed by atoms with E-state index in [2.05, 4.69) is 5.32 Å². The summed E-state index contributed by atoms with van der Waals surface area (Å²) in [5.41, 5.74) is -0.229. The van der Waals surface area contributed by atoms with Crippen molar-refractivity contribution in [2.24, 2.45) is 0 Å². The maximum Gasteiger partial charge on any atom is 0.329 e. The highest BCUT2D eigenvalue weighted by atomic mass is 35.5. The van der Waals surface area contributed by atoms with E-state index in [1.165, 1.54) is 0 Å². The molecule has 0 unspecified atom stereocenters. The quantitative estimate of drug-likeness (QED) is 0.789. The predicted octanol–water partition coefficient (Wildman–Crippen LogP) is 1.61. The molecule has 1 saturated heterocycles. The van der Waals surface area contributed by atoms with Gasteiger partial charge < -0.3 is 19.9 Å². The molecule has 0 aromatic heterocycles. The van der Waals surface area contributed by atoms with E-state index in [0.717, 1.165) is 0 Å². The maximum absolute atomic E-state index is 13.3. The van der Waals surface area contributed by atoms with Gasteiger partial charge >= 0.3 is 5.97 Å². The lowest BCUT2D eigenvalue weighted by Crippen LogP contribution is -2.51. The zero-order valence-corrected chi connectivity index (χ0v) is 12.6. The highest BCUT2D eigenvalue weighted by Gasteiger charge is 2.29. The van der Waals surface area contributed by atoms with Gasteiger partial charge in [0.15, 0.2) is 11.6 Å². The molecule has 6 nitrogen and oxygen atoms in total. The normalized spacial score (nSPS) is 21.0. The van der Waals surface area contributed by atoms with Crippen LogP contribution in [0.4, 0.5) is 8.78 Å². The van der Waals surface area contributed by atoms with Crippen LogP contribution in [0.25, 0.3) is 0 Å². The molecule has 0 aliphatic carbocycles. The number of carboxylic acids is 1. The molecule has 9 heteroatoms. The number of ether oxygens (including phenoxy) is 2. The lowest BCUT2D eigenvalue weighted by Gasteiger charge is -2.31. The number of carbonyl (C=O) groups is 2. The smallest absolute Gasteiger partial charge is 0.329 e. The summed E-state index contributed by atoms with van der Waals surface area (Å²) in [5.74, 6) is -4.22. The van der Waals surface area contributed by atoms with E-state index in [0.29, 0.717) is 25.2 Å². The van der Waals surface area contributed by atoms with E-state index in [4.69, 9.17) is 26.2 Å². The van der Waals surface area contributed by atoms with Gasteiger partial charge in [0.05, 0.1) is 29.3 Å². The number of benzene rings is 1. The Kier molecular flexibility index (Phi) is 5.86. The Labute approximate surface area is 135 Å². The minimum atomic E-state index is -1.20. The fourth-order valence-electron chi connectivity index (χ4n) is 2.17. The van der Waals surface area contributed by atoms with Crippen molar-refractivity contribution in [2.45, 2.75) is 18.6 Å². The molecule has 2 rings (SSSR count). The topological polar surface area (TPSA) is 84.9 Å². The van der Waals surface area contributed by atoms with Gasteiger partial charge in [0.2, 0.25) is 0 Å². The summed E-state index contributed by atoms with van der Waals surface area (Å²) >= 11 is 5.75. The first kappa shape index (κ1) is 17.6. The lowest BCUT2D eigenvalue weighted by atomic mass is 10.1. The van der Waals surface area contributed by atoms with E-state index < -0.39 is 42.3 Å². The van der Waals surface area contributed by atoms with Gasteiger partial charge in [-0.1, -0.05) is 11.6 Å². The average molecular weight is 350 g/mol. The molecule has 0 radical (unpaired) electrons. The molecule has 1 aromatic carbocycles. The molecule has 0 bridgehead atoms. The Morgan fingerprint density at radius 1 is 1.39 bits per heavy atom. The second kappa shape index (κ2) is 7.67. The predicted molar refractivity (Wildman–Crippen MR) is 75.4 cm³/mol. The molecule has 1 heterocycles. The number of halogens is 3. The number of nitrogens with one attached hydrogen (secondary N) is 1. The van der Waals surface area contributed by atoms with Crippen molar-refractivity contribution in [2.75, 3.05) is 19.8 Å². The van der Waals surface area contributed by atoms with Crippen LogP contribution in [0.2, 0.25) is 5.02 Å². The summed E-state index contributed by atoms with van der Waals surface area (Å²) in [4.78, 5) is 22.7. The van der Waals surface area contributed by atoms with Crippen LogP contribution >= 0.6 is 11.6 Å². The van der Waals surface area contributed by atoms with Crippen molar-refractivity contribution in [3.05, 3.63) is 34.4 Å². The van der Waals surface area contributed by atoms with E-state index in [9.17, 15) is 18.4 Å². The lowest BCUT2D eigenvalue weighted by molar-refractivity contribution is -0.147. The highest BCUT2D eigenvalue weighted by Crippen LogP contribution is 2.21. The monoisotopic (exact) mass is 349 g/mol. The minimum absolute atomic E-state index is 0.108. The molecule has 2 N–H and O–H groups in total. The molecular weight excluding hydrogens is 336 g/mol. The number of rotatable bonds is 5. The zero-order chi connectivity index (χ0) is 17.0. The molecule has 1 aliphatic rings. The number of hydrogen-bond donors (Lipinski definition) is 2. The molecule has 23 heavy (non-hydrogen) atoms. The van der Waals surface area contributed by atoms with Crippen LogP contribution in [-0.4, -0.2) is 48.9 Å². The Morgan fingerprint density at radius 2 is 2.09 bits per heavy atom. The van der Waals surface area contributed by atoms with Crippen molar-refractivity contribution >= 4 is 23.5 Å². The third-order valence-electron chi connectivity index (χ3n) is 3.28. The van der Waals surface area contributed by atoms with Crippen LogP contribution in [0, 0.1) is 11.6 Å². The first-order chi connectivity index (χ1) is 10.9. The van der Waals surface area contributed by atoms with E-state index in [1.807, 2.05) is 0 Å². The van der Waals surface area contributed by atoms with Gasteiger partial charge in [0.25, 0.3) is 5.91 Å². The Balaban J connectivity index is 2.08. The maximum atomic E-state index is 13.3. The van der Waals surface area contributed by atoms with Crippen molar-refractivity contribution in [3.63, 3.8) is 0 Å². The van der Waals surface area contributed by atoms with Crippen LogP contribution in [0.3, 0.4) is 0 Å². The second-order valence-electron chi connectivity index (χ2n) is 4.93. The van der Waals surface area contributed by atoms with Gasteiger partial charge in [-0.05, 0) is 18.6 Å². The van der Waals surface area contributed by atoms with Crippen LogP contribution in [-0.2, 0) is 14.3 Å². The first-order valence-electron chi connectivity index (χ1n) is 6.75. The number of aliphatic carboxylic acids is 1. The number of carbonyl (C=O) groups excluding carboxylic acids is 1. The van der Waals surface area contributed by atoms with Crippen molar-refractivity contribution in [1.82, 2.24) is 5.32 Å². The molecule has 2 atom stereocenters. The summed E-state index contributed by atoms with van der Waals surface area (Å²) in [7, 11) is 0. The van der Waals surface area contributed by atoms with Gasteiger partial charge in [-0.15, -0.1) is 0 Å². The molecule has 0 saturated carbocycles. The molecule has 0 spiro atoms. The SMILES string of the molecule is O=C(O)CO[C@H]1CCOC[C@H]1NC(=O)c1cc(F)c(F)cc1Cl. The summed E-state index contributed by atoms with van der Waals surface area (Å²) in [6.07, 6.45) is -0.170. The van der Waals surface area contributed by atoms with Gasteiger partial charge in [0.1, 0.15) is 6.61 Å². The molecule has 1 fully saturated rings. The van der Waals surface area contributed by atoms with Crippen LogP contribution in [0.1, 0.15) is 16.8 Å². The van der Waals surface area contributed by atoms with Gasteiger partial charge in [0, 0.05) is 6.61 Å². The highest BCUT2D eigenvalue weighted by molar-refractivity contribution is 6.33. The number of amides is 1. The van der Waals surface area contributed by atoms with Crippen molar-refractivity contribution in [1.29, 1.82) is 0 Å². The summed E-state index contributed by atoms with van der Waals surface area (Å²) in [5, 5.41) is 11.0. The van der Waals surface area contributed by atoms with E-state index in [1.54, 1.807) is 0 Å². The van der Waals surface area contributed by atoms with Gasteiger partial charge in [-0.2, -0.15) is 0 Å². The Hall–Kier alpha value is -1.77. The Bertz CT molecular complexity index is 613. The van der Waals surface area contributed by atoms with E-state index >= 15 is 0 Å². The largest absolute Gasteiger partial charge is 0.480 e. The third-order valence-corrected chi connectivity index (χ3v) is 3.60. The van der Waals surface area contributed by atoms with Crippen molar-refractivity contribution in [3.8, 4) is 0 Å². The van der Waals surface area contributed by atoms with Crippen LogP contribution in [0.5, 0.6) is 0 Å². The molecular formula is C14H14ClF2NO5. The minimum Gasteiger partial charge on any atom is -0.480 e. The fourth-order valence-corrected chi connectivity index (χ4v) is 2.41. The summed E-state index contributed by atoms with van der Waals surface area (Å²) in [6.45, 7) is -0.0388. The summed E-state index contributed by atoms with van der Waals surface area (Å²) < 4.78 is 36.7. The summed E-state index contributed by atoms with van der Waals surface area (Å²) in [6, 6.07) is 0.783. The van der Waals surface area contributed by atoms with E-state index in [-0.39, 0.29) is 17.2 Å². The van der Waals surface area contributed by atoms with Crippen LogP contribution < -0.4 is 5.32 Å².